The van der Waals surface area contributed by atoms with Crippen molar-refractivity contribution in [2.45, 2.75) is 26.4 Å². The first-order valence-corrected chi connectivity index (χ1v) is 5.98. The summed E-state index contributed by atoms with van der Waals surface area (Å²) < 4.78 is 18.0. The molecule has 0 saturated heterocycles. The van der Waals surface area contributed by atoms with Crippen molar-refractivity contribution in [1.29, 1.82) is 0 Å². The second kappa shape index (κ2) is 6.72. The van der Waals surface area contributed by atoms with E-state index in [-0.39, 0.29) is 17.2 Å². The van der Waals surface area contributed by atoms with E-state index in [9.17, 15) is 14.0 Å². The first-order valence-electron chi connectivity index (χ1n) is 5.98. The van der Waals surface area contributed by atoms with Crippen LogP contribution in [0.3, 0.4) is 0 Å². The van der Waals surface area contributed by atoms with Crippen LogP contribution in [-0.4, -0.2) is 24.5 Å². The van der Waals surface area contributed by atoms with E-state index in [1.165, 1.54) is 13.0 Å². The zero-order valence-electron chi connectivity index (χ0n) is 10.9. The van der Waals surface area contributed by atoms with Crippen molar-refractivity contribution in [3.63, 3.8) is 0 Å². The molecule has 3 N–H and O–H groups in total. The van der Waals surface area contributed by atoms with E-state index in [0.29, 0.717) is 6.54 Å². The number of hydrogen-bond donors (Lipinski definition) is 2. The van der Waals surface area contributed by atoms with Gasteiger partial charge in [0.05, 0.1) is 5.56 Å². The lowest BCUT2D eigenvalue weighted by Crippen LogP contribution is -2.36. The molecule has 5 nitrogen and oxygen atoms in total. The van der Waals surface area contributed by atoms with E-state index < -0.39 is 17.9 Å². The third kappa shape index (κ3) is 4.57. The van der Waals surface area contributed by atoms with Crippen LogP contribution >= 0.6 is 0 Å². The average molecular weight is 268 g/mol. The van der Waals surface area contributed by atoms with Gasteiger partial charge < -0.3 is 15.8 Å². The molecule has 104 valence electrons. The van der Waals surface area contributed by atoms with Crippen LogP contribution < -0.4 is 11.1 Å². The summed E-state index contributed by atoms with van der Waals surface area (Å²) in [4.78, 5) is 23.2. The van der Waals surface area contributed by atoms with Crippen LogP contribution in [-0.2, 0) is 9.53 Å². The van der Waals surface area contributed by atoms with Crippen LogP contribution in [0.2, 0.25) is 0 Å². The second-order valence-electron chi connectivity index (χ2n) is 4.11. The molecule has 0 aromatic heterocycles. The van der Waals surface area contributed by atoms with Gasteiger partial charge in [0.2, 0.25) is 0 Å². The highest BCUT2D eigenvalue weighted by molar-refractivity contribution is 5.93. The predicted molar refractivity (Wildman–Crippen MR) is 69.0 cm³/mol. The quantitative estimate of drug-likeness (QED) is 0.626. The van der Waals surface area contributed by atoms with Crippen LogP contribution in [0.25, 0.3) is 0 Å². The average Bonchev–Trinajstić information content (AvgIpc) is 2.34. The fourth-order valence-electron chi connectivity index (χ4n) is 1.40. The highest BCUT2D eigenvalue weighted by atomic mass is 19.1. The molecule has 0 saturated carbocycles. The summed E-state index contributed by atoms with van der Waals surface area (Å²) in [5, 5.41) is 2.60. The molecule has 1 atom stereocenters. The molecule has 0 heterocycles. The van der Waals surface area contributed by atoms with E-state index in [1.54, 1.807) is 0 Å². The molecule has 6 heteroatoms. The Balaban J connectivity index is 2.66. The van der Waals surface area contributed by atoms with Crippen LogP contribution in [0.15, 0.2) is 18.2 Å². The second-order valence-corrected chi connectivity index (χ2v) is 4.11. The maximum Gasteiger partial charge on any atom is 0.339 e. The van der Waals surface area contributed by atoms with Crippen molar-refractivity contribution >= 4 is 17.6 Å². The number of carbonyl (C=O) groups is 2. The van der Waals surface area contributed by atoms with Crippen molar-refractivity contribution in [2.75, 3.05) is 12.3 Å². The maximum atomic E-state index is 13.1. The highest BCUT2D eigenvalue weighted by Gasteiger charge is 2.19. The number of hydrogen-bond acceptors (Lipinski definition) is 4. The number of nitrogen functional groups attached to an aromatic ring is 1. The van der Waals surface area contributed by atoms with E-state index in [2.05, 4.69) is 5.32 Å². The van der Waals surface area contributed by atoms with Crippen LogP contribution in [0, 0.1) is 5.82 Å². The number of rotatable bonds is 5. The van der Waals surface area contributed by atoms with Crippen molar-refractivity contribution in [2.24, 2.45) is 0 Å². The van der Waals surface area contributed by atoms with Gasteiger partial charge in [-0.2, -0.15) is 0 Å². The molecule has 19 heavy (non-hydrogen) atoms. The van der Waals surface area contributed by atoms with Gasteiger partial charge in [-0.05, 0) is 31.5 Å². The molecule has 1 unspecified atom stereocenters. The number of esters is 1. The number of benzene rings is 1. The largest absolute Gasteiger partial charge is 0.449 e. The fourth-order valence-corrected chi connectivity index (χ4v) is 1.40. The van der Waals surface area contributed by atoms with Crippen molar-refractivity contribution in [3.8, 4) is 0 Å². The summed E-state index contributed by atoms with van der Waals surface area (Å²) in [5.41, 5.74) is 5.53. The predicted octanol–water partition coefficient (Wildman–Crippen LogP) is 1.48. The first kappa shape index (κ1) is 14.9. The SMILES string of the molecule is CCCNC(=O)C(C)OC(=O)c1cc(N)cc(F)c1. The molecule has 0 aliphatic carbocycles. The molecule has 1 aromatic rings. The number of halogens is 1. The zero-order valence-corrected chi connectivity index (χ0v) is 10.9. The van der Waals surface area contributed by atoms with Crippen LogP contribution in [0.1, 0.15) is 30.6 Å². The summed E-state index contributed by atoms with van der Waals surface area (Å²) in [6.45, 7) is 3.87. The number of anilines is 1. The summed E-state index contributed by atoms with van der Waals surface area (Å²) in [6, 6.07) is 3.39. The smallest absolute Gasteiger partial charge is 0.339 e. The molecular weight excluding hydrogens is 251 g/mol. The monoisotopic (exact) mass is 268 g/mol. The Morgan fingerprint density at radius 2 is 2.11 bits per heavy atom. The Morgan fingerprint density at radius 3 is 2.68 bits per heavy atom. The fraction of sp³-hybridized carbons (Fsp3) is 0.385. The van der Waals surface area contributed by atoms with E-state index in [0.717, 1.165) is 18.6 Å². The number of carbonyl (C=O) groups excluding carboxylic acids is 2. The molecule has 1 amide bonds. The third-order valence-corrected chi connectivity index (χ3v) is 2.36. The Kier molecular flexibility index (Phi) is 5.29. The Morgan fingerprint density at radius 1 is 1.42 bits per heavy atom. The van der Waals surface area contributed by atoms with Crippen LogP contribution in [0.5, 0.6) is 0 Å². The molecule has 0 spiro atoms. The van der Waals surface area contributed by atoms with Gasteiger partial charge in [-0.25, -0.2) is 9.18 Å². The molecule has 0 aliphatic rings. The molecule has 0 radical (unpaired) electrons. The number of nitrogens with one attached hydrogen (secondary N) is 1. The topological polar surface area (TPSA) is 81.4 Å². The summed E-state index contributed by atoms with van der Waals surface area (Å²) in [6.07, 6.45) is -0.157. The molecule has 0 fully saturated rings. The maximum absolute atomic E-state index is 13.1. The Hall–Kier alpha value is -2.11. The minimum Gasteiger partial charge on any atom is -0.449 e. The molecule has 1 rings (SSSR count). The van der Waals surface area contributed by atoms with Crippen molar-refractivity contribution in [1.82, 2.24) is 5.32 Å². The molecule has 0 aliphatic heterocycles. The summed E-state index contributed by atoms with van der Waals surface area (Å²) >= 11 is 0. The molecule has 1 aromatic carbocycles. The van der Waals surface area contributed by atoms with Gasteiger partial charge in [-0.3, -0.25) is 4.79 Å². The van der Waals surface area contributed by atoms with Gasteiger partial charge in [0.15, 0.2) is 6.10 Å². The Labute approximate surface area is 110 Å². The Bertz CT molecular complexity index is 457. The number of ether oxygens (including phenoxy) is 1. The number of amides is 1. The normalized spacial score (nSPS) is 11.7. The van der Waals surface area contributed by atoms with Crippen molar-refractivity contribution in [3.05, 3.63) is 29.6 Å². The minimum absolute atomic E-state index is 0.0207. The standard InChI is InChI=1S/C13H17FN2O3/c1-3-4-16-12(17)8(2)19-13(18)9-5-10(14)7-11(15)6-9/h5-8H,3-4,15H2,1-2H3,(H,16,17). The highest BCUT2D eigenvalue weighted by Crippen LogP contribution is 2.12. The van der Waals surface area contributed by atoms with E-state index >= 15 is 0 Å². The van der Waals surface area contributed by atoms with E-state index in [1.807, 2.05) is 6.92 Å². The molecular formula is C13H17FN2O3. The first-order chi connectivity index (χ1) is 8.93. The van der Waals surface area contributed by atoms with Gasteiger partial charge >= 0.3 is 5.97 Å². The van der Waals surface area contributed by atoms with Crippen LogP contribution in [0.4, 0.5) is 10.1 Å². The van der Waals surface area contributed by atoms with Gasteiger partial charge in [0.1, 0.15) is 5.82 Å². The lowest BCUT2D eigenvalue weighted by atomic mass is 10.2. The van der Waals surface area contributed by atoms with Gasteiger partial charge in [-0.15, -0.1) is 0 Å². The summed E-state index contributed by atoms with van der Waals surface area (Å²) in [5.74, 6) is -1.81. The van der Waals surface area contributed by atoms with Gasteiger partial charge in [0, 0.05) is 12.2 Å². The lowest BCUT2D eigenvalue weighted by molar-refractivity contribution is -0.129. The van der Waals surface area contributed by atoms with E-state index in [4.69, 9.17) is 10.5 Å². The van der Waals surface area contributed by atoms with Gasteiger partial charge in [-0.1, -0.05) is 6.92 Å². The lowest BCUT2D eigenvalue weighted by Gasteiger charge is -2.13. The zero-order chi connectivity index (χ0) is 14.4. The van der Waals surface area contributed by atoms with Gasteiger partial charge in [0.25, 0.3) is 5.91 Å². The van der Waals surface area contributed by atoms with Crippen molar-refractivity contribution < 1.29 is 18.7 Å². The summed E-state index contributed by atoms with van der Waals surface area (Å²) in [7, 11) is 0. The third-order valence-electron chi connectivity index (χ3n) is 2.36. The minimum atomic E-state index is -0.941. The molecule has 0 bridgehead atoms. The number of nitrogens with two attached hydrogens (primary N) is 1.